The molecule has 2 saturated heterocycles. The number of hydrogen-bond acceptors (Lipinski definition) is 5. The van der Waals surface area contributed by atoms with E-state index in [4.69, 9.17) is 4.74 Å². The molecular weight excluding hydrogens is 308 g/mol. The Morgan fingerprint density at radius 1 is 1.23 bits per heavy atom. The van der Waals surface area contributed by atoms with Crippen LogP contribution in [0.25, 0.3) is 0 Å². The third-order valence-corrected chi connectivity index (χ3v) is 6.07. The molecule has 2 aliphatic rings. The first-order valence-electron chi connectivity index (χ1n) is 7.78. The number of hydrogen-bond donors (Lipinski definition) is 1. The van der Waals surface area contributed by atoms with Gasteiger partial charge in [0.2, 0.25) is 11.8 Å². The molecule has 0 aromatic carbocycles. The van der Waals surface area contributed by atoms with E-state index in [1.807, 2.05) is 6.92 Å². The molecule has 2 rings (SSSR count). The normalized spacial score (nSPS) is 24.9. The van der Waals surface area contributed by atoms with Crippen LogP contribution in [0.1, 0.15) is 26.2 Å². The van der Waals surface area contributed by atoms with Gasteiger partial charge in [-0.05, 0) is 26.2 Å². The van der Waals surface area contributed by atoms with Gasteiger partial charge < -0.3 is 15.0 Å². The molecular formula is C14H24N2O5S. The van der Waals surface area contributed by atoms with E-state index >= 15 is 0 Å². The molecule has 0 aromatic rings. The smallest absolute Gasteiger partial charge is 0.242 e. The fourth-order valence-electron chi connectivity index (χ4n) is 3.03. The molecule has 0 spiro atoms. The molecule has 0 bridgehead atoms. The van der Waals surface area contributed by atoms with E-state index in [-0.39, 0.29) is 41.8 Å². The molecule has 0 radical (unpaired) electrons. The number of nitrogens with zero attached hydrogens (tertiary/aromatic N) is 1. The zero-order valence-electron chi connectivity index (χ0n) is 12.9. The highest BCUT2D eigenvalue weighted by Crippen LogP contribution is 2.18. The van der Waals surface area contributed by atoms with Gasteiger partial charge in [-0.3, -0.25) is 9.59 Å². The van der Waals surface area contributed by atoms with Gasteiger partial charge in [-0.2, -0.15) is 0 Å². The summed E-state index contributed by atoms with van der Waals surface area (Å²) >= 11 is 0. The van der Waals surface area contributed by atoms with Crippen LogP contribution >= 0.6 is 0 Å². The van der Waals surface area contributed by atoms with E-state index in [0.717, 1.165) is 0 Å². The Balaban J connectivity index is 1.83. The van der Waals surface area contributed by atoms with Crippen molar-refractivity contribution in [3.05, 3.63) is 0 Å². The molecule has 126 valence electrons. The molecule has 7 nitrogen and oxygen atoms in total. The van der Waals surface area contributed by atoms with Crippen LogP contribution in [0.3, 0.4) is 0 Å². The highest BCUT2D eigenvalue weighted by molar-refractivity contribution is 7.91. The summed E-state index contributed by atoms with van der Waals surface area (Å²) < 4.78 is 28.3. The van der Waals surface area contributed by atoms with Crippen LogP contribution in [0.15, 0.2) is 0 Å². The van der Waals surface area contributed by atoms with Crippen molar-refractivity contribution in [2.75, 3.05) is 37.8 Å². The fraction of sp³-hybridized carbons (Fsp3) is 0.857. The van der Waals surface area contributed by atoms with Gasteiger partial charge in [0.25, 0.3) is 0 Å². The topological polar surface area (TPSA) is 92.8 Å². The number of carbonyl (C=O) groups excluding carboxylic acids is 2. The second-order valence-corrected chi connectivity index (χ2v) is 8.07. The van der Waals surface area contributed by atoms with E-state index in [0.29, 0.717) is 39.0 Å². The van der Waals surface area contributed by atoms with Crippen molar-refractivity contribution in [1.82, 2.24) is 10.2 Å². The molecule has 22 heavy (non-hydrogen) atoms. The van der Waals surface area contributed by atoms with Crippen molar-refractivity contribution >= 4 is 21.7 Å². The van der Waals surface area contributed by atoms with Crippen LogP contribution in [0.2, 0.25) is 0 Å². The number of nitrogens with one attached hydrogen (secondary N) is 1. The largest absolute Gasteiger partial charge is 0.381 e. The minimum atomic E-state index is -3.03. The Labute approximate surface area is 131 Å². The van der Waals surface area contributed by atoms with Crippen molar-refractivity contribution in [2.24, 2.45) is 5.92 Å². The number of carbonyl (C=O) groups is 2. The molecule has 2 heterocycles. The van der Waals surface area contributed by atoms with Crippen molar-refractivity contribution < 1.29 is 22.7 Å². The highest BCUT2D eigenvalue weighted by atomic mass is 32.2. The summed E-state index contributed by atoms with van der Waals surface area (Å²) in [5.74, 6) is -0.267. The van der Waals surface area contributed by atoms with Crippen molar-refractivity contribution in [3.8, 4) is 0 Å². The summed E-state index contributed by atoms with van der Waals surface area (Å²) in [6.07, 6.45) is 1.84. The number of sulfone groups is 1. The SMILES string of the molecule is CCN(C(=O)CNC(=O)C1CCOCC1)C1CCS(=O)(=O)C1. The molecule has 0 saturated carbocycles. The molecule has 1 atom stereocenters. The molecule has 1 N–H and O–H groups in total. The Morgan fingerprint density at radius 2 is 1.91 bits per heavy atom. The first-order chi connectivity index (χ1) is 10.4. The second-order valence-electron chi connectivity index (χ2n) is 5.84. The summed E-state index contributed by atoms with van der Waals surface area (Å²) in [5.41, 5.74) is 0. The Morgan fingerprint density at radius 3 is 2.45 bits per heavy atom. The van der Waals surface area contributed by atoms with Crippen molar-refractivity contribution in [2.45, 2.75) is 32.2 Å². The zero-order chi connectivity index (χ0) is 16.2. The summed E-state index contributed by atoms with van der Waals surface area (Å²) in [7, 11) is -3.03. The van der Waals surface area contributed by atoms with Gasteiger partial charge in [0.05, 0.1) is 18.1 Å². The predicted molar refractivity (Wildman–Crippen MR) is 81.0 cm³/mol. The first-order valence-corrected chi connectivity index (χ1v) is 9.60. The highest BCUT2D eigenvalue weighted by Gasteiger charge is 2.34. The van der Waals surface area contributed by atoms with Crippen molar-refractivity contribution in [3.63, 3.8) is 0 Å². The van der Waals surface area contributed by atoms with Gasteiger partial charge in [0.1, 0.15) is 0 Å². The quantitative estimate of drug-likeness (QED) is 0.737. The lowest BCUT2D eigenvalue weighted by Gasteiger charge is -2.27. The third-order valence-electron chi connectivity index (χ3n) is 4.32. The van der Waals surface area contributed by atoms with E-state index in [1.165, 1.54) is 0 Å². The predicted octanol–water partition coefficient (Wildman–Crippen LogP) is -0.435. The minimum absolute atomic E-state index is 0.0283. The molecule has 8 heteroatoms. The number of likely N-dealkylation sites (N-methyl/N-ethyl adjacent to an activating group) is 1. The van der Waals surface area contributed by atoms with Crippen LogP contribution in [0, 0.1) is 5.92 Å². The molecule has 0 aromatic heterocycles. The van der Waals surface area contributed by atoms with Crippen LogP contribution in [-0.4, -0.2) is 69.0 Å². The maximum atomic E-state index is 12.3. The van der Waals surface area contributed by atoms with Crippen molar-refractivity contribution in [1.29, 1.82) is 0 Å². The Kier molecular flexibility index (Phi) is 5.80. The minimum Gasteiger partial charge on any atom is -0.381 e. The zero-order valence-corrected chi connectivity index (χ0v) is 13.7. The lowest BCUT2D eigenvalue weighted by molar-refractivity contribution is -0.136. The average molecular weight is 332 g/mol. The number of amides is 2. The van der Waals surface area contributed by atoms with Gasteiger partial charge >= 0.3 is 0 Å². The summed E-state index contributed by atoms with van der Waals surface area (Å²) in [6.45, 7) is 3.36. The van der Waals surface area contributed by atoms with E-state index in [2.05, 4.69) is 5.32 Å². The van der Waals surface area contributed by atoms with Crippen LogP contribution < -0.4 is 5.32 Å². The molecule has 2 amide bonds. The van der Waals surface area contributed by atoms with Gasteiger partial charge in [-0.1, -0.05) is 0 Å². The van der Waals surface area contributed by atoms with Gasteiger partial charge in [0, 0.05) is 31.7 Å². The van der Waals surface area contributed by atoms with Gasteiger partial charge in [0.15, 0.2) is 9.84 Å². The third kappa shape index (κ3) is 4.42. The second kappa shape index (κ2) is 7.41. The maximum Gasteiger partial charge on any atom is 0.242 e. The lowest BCUT2D eigenvalue weighted by Crippen LogP contribution is -2.47. The molecule has 1 unspecified atom stereocenters. The standard InChI is InChI=1S/C14H24N2O5S/c1-2-16(12-5-8-22(19,20)10-12)13(17)9-15-14(18)11-3-6-21-7-4-11/h11-12H,2-10H2,1H3,(H,15,18). The maximum absolute atomic E-state index is 12.3. The van der Waals surface area contributed by atoms with E-state index in [1.54, 1.807) is 4.90 Å². The van der Waals surface area contributed by atoms with E-state index in [9.17, 15) is 18.0 Å². The van der Waals surface area contributed by atoms with Gasteiger partial charge in [-0.25, -0.2) is 8.42 Å². The van der Waals surface area contributed by atoms with Crippen LogP contribution in [-0.2, 0) is 24.2 Å². The van der Waals surface area contributed by atoms with Crippen LogP contribution in [0.5, 0.6) is 0 Å². The van der Waals surface area contributed by atoms with Gasteiger partial charge in [-0.15, -0.1) is 0 Å². The fourth-order valence-corrected chi connectivity index (χ4v) is 4.76. The lowest BCUT2D eigenvalue weighted by atomic mass is 9.99. The summed E-state index contributed by atoms with van der Waals surface area (Å²) in [6, 6.07) is -0.262. The first kappa shape index (κ1) is 17.2. The Bertz CT molecular complexity index is 513. The Hall–Kier alpha value is -1.15. The summed E-state index contributed by atoms with van der Waals surface area (Å²) in [4.78, 5) is 25.8. The number of ether oxygens (including phenoxy) is 1. The van der Waals surface area contributed by atoms with Crippen LogP contribution in [0.4, 0.5) is 0 Å². The molecule has 2 aliphatic heterocycles. The average Bonchev–Trinajstić information content (AvgIpc) is 2.86. The summed E-state index contributed by atoms with van der Waals surface area (Å²) in [5, 5.41) is 2.68. The monoisotopic (exact) mass is 332 g/mol. The molecule has 2 fully saturated rings. The van der Waals surface area contributed by atoms with E-state index < -0.39 is 9.84 Å². The number of rotatable bonds is 5. The molecule has 0 aliphatic carbocycles.